The Morgan fingerprint density at radius 1 is 1.33 bits per heavy atom. The number of amides is 1. The third-order valence-corrected chi connectivity index (χ3v) is 3.47. The Kier molecular flexibility index (Phi) is 7.02. The molecular formula is C16H26N2O3. The maximum Gasteiger partial charge on any atom is 0.237 e. The Morgan fingerprint density at radius 3 is 2.62 bits per heavy atom. The van der Waals surface area contributed by atoms with Crippen LogP contribution in [-0.2, 0) is 4.79 Å². The molecule has 0 aromatic heterocycles. The molecule has 1 aromatic carbocycles. The van der Waals surface area contributed by atoms with Crippen molar-refractivity contribution in [2.45, 2.75) is 45.2 Å². The van der Waals surface area contributed by atoms with Crippen molar-refractivity contribution in [1.29, 1.82) is 0 Å². The number of hydrogen-bond acceptors (Lipinski definition) is 4. The average molecular weight is 294 g/mol. The summed E-state index contributed by atoms with van der Waals surface area (Å²) in [5.41, 5.74) is 6.78. The van der Waals surface area contributed by atoms with Gasteiger partial charge in [0.05, 0.1) is 26.3 Å². The fourth-order valence-electron chi connectivity index (χ4n) is 2.13. The molecule has 0 aliphatic rings. The van der Waals surface area contributed by atoms with Crippen LogP contribution in [0.4, 0.5) is 0 Å². The number of nitrogens with one attached hydrogen (secondary N) is 1. The number of carbonyl (C=O) groups is 1. The largest absolute Gasteiger partial charge is 0.497 e. The highest BCUT2D eigenvalue weighted by molar-refractivity contribution is 5.81. The Labute approximate surface area is 126 Å². The molecule has 5 heteroatoms. The number of unbranched alkanes of at least 4 members (excludes halogenated alkanes) is 1. The van der Waals surface area contributed by atoms with Gasteiger partial charge in [0.25, 0.3) is 0 Å². The quantitative estimate of drug-likeness (QED) is 0.772. The summed E-state index contributed by atoms with van der Waals surface area (Å²) in [4.78, 5) is 12.1. The van der Waals surface area contributed by atoms with E-state index in [0.29, 0.717) is 17.9 Å². The number of ether oxygens (including phenoxy) is 2. The summed E-state index contributed by atoms with van der Waals surface area (Å²) in [6, 6.07) is 4.90. The lowest BCUT2D eigenvalue weighted by atomic mass is 10.1. The van der Waals surface area contributed by atoms with Crippen LogP contribution in [0.1, 0.15) is 44.7 Å². The van der Waals surface area contributed by atoms with Gasteiger partial charge in [0.1, 0.15) is 11.5 Å². The lowest BCUT2D eigenvalue weighted by molar-refractivity contribution is -0.123. The van der Waals surface area contributed by atoms with Crippen LogP contribution >= 0.6 is 0 Å². The van der Waals surface area contributed by atoms with Crippen molar-refractivity contribution in [3.05, 3.63) is 23.8 Å². The molecule has 5 nitrogen and oxygen atoms in total. The Hall–Kier alpha value is -1.75. The summed E-state index contributed by atoms with van der Waals surface area (Å²) >= 11 is 0. The molecule has 1 amide bonds. The molecule has 0 radical (unpaired) electrons. The van der Waals surface area contributed by atoms with Gasteiger partial charge >= 0.3 is 0 Å². The first-order valence-corrected chi connectivity index (χ1v) is 7.31. The van der Waals surface area contributed by atoms with Crippen LogP contribution in [0, 0.1) is 0 Å². The summed E-state index contributed by atoms with van der Waals surface area (Å²) in [6.45, 7) is 3.99. The van der Waals surface area contributed by atoms with Gasteiger partial charge in [0.15, 0.2) is 0 Å². The first-order valence-electron chi connectivity index (χ1n) is 7.31. The summed E-state index contributed by atoms with van der Waals surface area (Å²) in [5.74, 6) is 1.27. The van der Waals surface area contributed by atoms with Crippen LogP contribution in [0.15, 0.2) is 18.2 Å². The topological polar surface area (TPSA) is 73.6 Å². The van der Waals surface area contributed by atoms with E-state index in [1.165, 1.54) is 0 Å². The van der Waals surface area contributed by atoms with Crippen LogP contribution < -0.4 is 20.5 Å². The van der Waals surface area contributed by atoms with Gasteiger partial charge in [-0.25, -0.2) is 0 Å². The Morgan fingerprint density at radius 2 is 2.05 bits per heavy atom. The van der Waals surface area contributed by atoms with Crippen LogP contribution in [0.5, 0.6) is 11.5 Å². The molecule has 3 N–H and O–H groups in total. The summed E-state index contributed by atoms with van der Waals surface area (Å²) in [6.07, 6.45) is 2.69. The van der Waals surface area contributed by atoms with Crippen LogP contribution in [0.2, 0.25) is 0 Å². The van der Waals surface area contributed by atoms with Gasteiger partial charge in [-0.3, -0.25) is 4.79 Å². The van der Waals surface area contributed by atoms with Crippen LogP contribution in [-0.4, -0.2) is 26.2 Å². The first kappa shape index (κ1) is 17.3. The number of rotatable bonds is 8. The Balaban J connectivity index is 2.74. The summed E-state index contributed by atoms with van der Waals surface area (Å²) in [5, 5.41) is 2.93. The molecule has 0 aliphatic carbocycles. The fraction of sp³-hybridized carbons (Fsp3) is 0.562. The molecule has 21 heavy (non-hydrogen) atoms. The van der Waals surface area contributed by atoms with Gasteiger partial charge in [-0.1, -0.05) is 19.8 Å². The molecule has 2 unspecified atom stereocenters. The SMILES string of the molecule is CCCCC(N)C(=O)NC(C)c1ccc(OC)cc1OC. The highest BCUT2D eigenvalue weighted by Gasteiger charge is 2.18. The number of methoxy groups -OCH3 is 2. The van der Waals surface area contributed by atoms with E-state index in [4.69, 9.17) is 15.2 Å². The van der Waals surface area contributed by atoms with Crippen molar-refractivity contribution in [3.63, 3.8) is 0 Å². The number of benzene rings is 1. The van der Waals surface area contributed by atoms with Crippen molar-refractivity contribution in [2.75, 3.05) is 14.2 Å². The average Bonchev–Trinajstić information content (AvgIpc) is 2.51. The normalized spacial score (nSPS) is 13.4. The number of carbonyl (C=O) groups excluding carboxylic acids is 1. The standard InChI is InChI=1S/C16H26N2O3/c1-5-6-7-14(17)16(19)18-11(2)13-9-8-12(20-3)10-15(13)21-4/h8-11,14H,5-7,17H2,1-4H3,(H,18,19). The molecule has 118 valence electrons. The maximum atomic E-state index is 12.1. The predicted molar refractivity (Wildman–Crippen MR) is 83.6 cm³/mol. The number of hydrogen-bond donors (Lipinski definition) is 2. The van der Waals surface area contributed by atoms with Crippen LogP contribution in [0.25, 0.3) is 0 Å². The third-order valence-electron chi connectivity index (χ3n) is 3.47. The molecule has 0 aliphatic heterocycles. The zero-order chi connectivity index (χ0) is 15.8. The van der Waals surface area contributed by atoms with Crippen molar-refractivity contribution in [3.8, 4) is 11.5 Å². The van der Waals surface area contributed by atoms with Crippen LogP contribution in [0.3, 0.4) is 0 Å². The van der Waals surface area contributed by atoms with Crippen molar-refractivity contribution >= 4 is 5.91 Å². The smallest absolute Gasteiger partial charge is 0.237 e. The molecule has 0 heterocycles. The van der Waals surface area contributed by atoms with E-state index in [2.05, 4.69) is 12.2 Å². The second-order valence-electron chi connectivity index (χ2n) is 5.09. The van der Waals surface area contributed by atoms with Crippen molar-refractivity contribution in [1.82, 2.24) is 5.32 Å². The highest BCUT2D eigenvalue weighted by Crippen LogP contribution is 2.29. The van der Waals surface area contributed by atoms with E-state index < -0.39 is 6.04 Å². The monoisotopic (exact) mass is 294 g/mol. The van der Waals surface area contributed by atoms with Gasteiger partial charge in [0, 0.05) is 11.6 Å². The molecule has 1 rings (SSSR count). The molecule has 0 saturated carbocycles. The Bertz CT molecular complexity index is 463. The molecule has 0 fully saturated rings. The van der Waals surface area contributed by atoms with Gasteiger partial charge in [-0.05, 0) is 25.5 Å². The molecule has 2 atom stereocenters. The first-order chi connectivity index (χ1) is 10.0. The van der Waals surface area contributed by atoms with E-state index >= 15 is 0 Å². The molecular weight excluding hydrogens is 268 g/mol. The minimum absolute atomic E-state index is 0.131. The van der Waals surface area contributed by atoms with Crippen molar-refractivity contribution < 1.29 is 14.3 Å². The second-order valence-corrected chi connectivity index (χ2v) is 5.09. The number of nitrogens with two attached hydrogens (primary N) is 1. The summed E-state index contributed by atoms with van der Waals surface area (Å²) < 4.78 is 10.5. The highest BCUT2D eigenvalue weighted by atomic mass is 16.5. The van der Waals surface area contributed by atoms with E-state index in [-0.39, 0.29) is 11.9 Å². The zero-order valence-corrected chi connectivity index (χ0v) is 13.3. The van der Waals surface area contributed by atoms with E-state index in [1.807, 2.05) is 19.1 Å². The van der Waals surface area contributed by atoms with Gasteiger partial charge in [0.2, 0.25) is 5.91 Å². The van der Waals surface area contributed by atoms with E-state index in [1.54, 1.807) is 20.3 Å². The molecule has 1 aromatic rings. The van der Waals surface area contributed by atoms with Gasteiger partial charge in [-0.15, -0.1) is 0 Å². The third kappa shape index (κ3) is 4.93. The lowest BCUT2D eigenvalue weighted by Crippen LogP contribution is -2.41. The zero-order valence-electron chi connectivity index (χ0n) is 13.3. The molecule has 0 saturated heterocycles. The van der Waals surface area contributed by atoms with E-state index in [9.17, 15) is 4.79 Å². The lowest BCUT2D eigenvalue weighted by Gasteiger charge is -2.20. The maximum absolute atomic E-state index is 12.1. The minimum atomic E-state index is -0.461. The van der Waals surface area contributed by atoms with Gasteiger partial charge in [-0.2, -0.15) is 0 Å². The summed E-state index contributed by atoms with van der Waals surface area (Å²) in [7, 11) is 3.20. The molecule has 0 bridgehead atoms. The van der Waals surface area contributed by atoms with Crippen molar-refractivity contribution in [2.24, 2.45) is 5.73 Å². The predicted octanol–water partition coefficient (Wildman–Crippen LogP) is 2.40. The fourth-order valence-corrected chi connectivity index (χ4v) is 2.13. The second kappa shape index (κ2) is 8.52. The minimum Gasteiger partial charge on any atom is -0.497 e. The molecule has 0 spiro atoms. The van der Waals surface area contributed by atoms with E-state index in [0.717, 1.165) is 18.4 Å². The van der Waals surface area contributed by atoms with Gasteiger partial charge < -0.3 is 20.5 Å².